The lowest BCUT2D eigenvalue weighted by atomic mass is 10.1. The fourth-order valence-electron chi connectivity index (χ4n) is 2.53. The number of carbonyl (C=O) groups is 2. The van der Waals surface area contributed by atoms with Crippen LogP contribution in [0.3, 0.4) is 0 Å². The van der Waals surface area contributed by atoms with E-state index in [0.717, 1.165) is 5.56 Å². The van der Waals surface area contributed by atoms with Crippen molar-refractivity contribution in [1.29, 1.82) is 0 Å². The van der Waals surface area contributed by atoms with E-state index in [9.17, 15) is 9.59 Å². The molecule has 2 N–H and O–H groups in total. The first-order valence-corrected chi connectivity index (χ1v) is 8.79. The molecule has 0 saturated carbocycles. The van der Waals surface area contributed by atoms with Crippen molar-refractivity contribution in [3.8, 4) is 11.5 Å². The van der Waals surface area contributed by atoms with Crippen molar-refractivity contribution in [3.63, 3.8) is 0 Å². The SMILES string of the molecule is COc1ccc(C(C)NC(=O)c2ccc(NC(=O)C(C)C)cc2)c(OC)c1. The number of nitrogens with one attached hydrogen (secondary N) is 2. The second-order valence-corrected chi connectivity index (χ2v) is 6.52. The highest BCUT2D eigenvalue weighted by molar-refractivity contribution is 5.96. The Morgan fingerprint density at radius 3 is 2.15 bits per heavy atom. The van der Waals surface area contributed by atoms with Gasteiger partial charge in [-0.2, -0.15) is 0 Å². The lowest BCUT2D eigenvalue weighted by molar-refractivity contribution is -0.118. The second-order valence-electron chi connectivity index (χ2n) is 6.52. The molecule has 2 amide bonds. The van der Waals surface area contributed by atoms with E-state index in [1.54, 1.807) is 44.6 Å². The first kappa shape index (κ1) is 20.3. The van der Waals surface area contributed by atoms with Crippen molar-refractivity contribution >= 4 is 17.5 Å². The second kappa shape index (κ2) is 9.07. The molecule has 0 aliphatic carbocycles. The third-order valence-electron chi connectivity index (χ3n) is 4.19. The van der Waals surface area contributed by atoms with Crippen LogP contribution in [-0.2, 0) is 4.79 Å². The smallest absolute Gasteiger partial charge is 0.251 e. The fourth-order valence-corrected chi connectivity index (χ4v) is 2.53. The molecule has 6 nitrogen and oxygen atoms in total. The summed E-state index contributed by atoms with van der Waals surface area (Å²) >= 11 is 0. The molecule has 0 saturated heterocycles. The number of benzene rings is 2. The van der Waals surface area contributed by atoms with Gasteiger partial charge in [0.25, 0.3) is 5.91 Å². The Hall–Kier alpha value is -3.02. The Kier molecular flexibility index (Phi) is 6.82. The van der Waals surface area contributed by atoms with Crippen LogP contribution in [0.2, 0.25) is 0 Å². The Labute approximate surface area is 159 Å². The molecule has 2 aromatic rings. The molecule has 0 fully saturated rings. The highest BCUT2D eigenvalue weighted by Gasteiger charge is 2.16. The van der Waals surface area contributed by atoms with E-state index in [2.05, 4.69) is 10.6 Å². The van der Waals surface area contributed by atoms with Crippen LogP contribution < -0.4 is 20.1 Å². The summed E-state index contributed by atoms with van der Waals surface area (Å²) in [6, 6.07) is 12.0. The average Bonchev–Trinajstić information content (AvgIpc) is 2.67. The first-order valence-electron chi connectivity index (χ1n) is 8.79. The van der Waals surface area contributed by atoms with Gasteiger partial charge >= 0.3 is 0 Å². The quantitative estimate of drug-likeness (QED) is 0.777. The number of methoxy groups -OCH3 is 2. The molecule has 6 heteroatoms. The van der Waals surface area contributed by atoms with Gasteiger partial charge in [0.05, 0.1) is 20.3 Å². The minimum atomic E-state index is -0.251. The van der Waals surface area contributed by atoms with Gasteiger partial charge in [-0.3, -0.25) is 9.59 Å². The summed E-state index contributed by atoms with van der Waals surface area (Å²) in [5.41, 5.74) is 2.03. The van der Waals surface area contributed by atoms with Crippen molar-refractivity contribution in [3.05, 3.63) is 53.6 Å². The minimum Gasteiger partial charge on any atom is -0.497 e. The van der Waals surface area contributed by atoms with Crippen LogP contribution in [-0.4, -0.2) is 26.0 Å². The predicted octanol–water partition coefficient (Wildman–Crippen LogP) is 3.79. The molecule has 0 spiro atoms. The van der Waals surface area contributed by atoms with Gasteiger partial charge < -0.3 is 20.1 Å². The van der Waals surface area contributed by atoms with E-state index in [-0.39, 0.29) is 23.8 Å². The maximum absolute atomic E-state index is 12.5. The number of hydrogen-bond acceptors (Lipinski definition) is 4. The highest BCUT2D eigenvalue weighted by Crippen LogP contribution is 2.29. The van der Waals surface area contributed by atoms with Crippen LogP contribution in [0.15, 0.2) is 42.5 Å². The summed E-state index contributed by atoms with van der Waals surface area (Å²) in [5.74, 6) is 0.963. The lowest BCUT2D eigenvalue weighted by Gasteiger charge is -2.18. The first-order chi connectivity index (χ1) is 12.8. The van der Waals surface area contributed by atoms with Gasteiger partial charge in [-0.05, 0) is 43.3 Å². The maximum atomic E-state index is 12.5. The van der Waals surface area contributed by atoms with Gasteiger partial charge in [-0.25, -0.2) is 0 Å². The number of amides is 2. The van der Waals surface area contributed by atoms with Crippen molar-refractivity contribution in [2.75, 3.05) is 19.5 Å². The Morgan fingerprint density at radius 1 is 0.926 bits per heavy atom. The van der Waals surface area contributed by atoms with Gasteiger partial charge in [0.2, 0.25) is 5.91 Å². The zero-order chi connectivity index (χ0) is 20.0. The van der Waals surface area contributed by atoms with E-state index in [1.807, 2.05) is 32.9 Å². The van der Waals surface area contributed by atoms with Crippen molar-refractivity contribution in [2.24, 2.45) is 5.92 Å². The molecule has 27 heavy (non-hydrogen) atoms. The zero-order valence-corrected chi connectivity index (χ0v) is 16.3. The van der Waals surface area contributed by atoms with Gasteiger partial charge in [0.15, 0.2) is 0 Å². The van der Waals surface area contributed by atoms with Crippen LogP contribution >= 0.6 is 0 Å². The topological polar surface area (TPSA) is 76.7 Å². The zero-order valence-electron chi connectivity index (χ0n) is 16.3. The maximum Gasteiger partial charge on any atom is 0.251 e. The van der Waals surface area contributed by atoms with Crippen molar-refractivity contribution in [2.45, 2.75) is 26.8 Å². The summed E-state index contributed by atoms with van der Waals surface area (Å²) in [4.78, 5) is 24.3. The summed E-state index contributed by atoms with van der Waals surface area (Å²) in [6.07, 6.45) is 0. The fraction of sp³-hybridized carbons (Fsp3) is 0.333. The molecule has 0 radical (unpaired) electrons. The van der Waals surface area contributed by atoms with Crippen LogP contribution in [0.4, 0.5) is 5.69 Å². The Bertz CT molecular complexity index is 800. The molecule has 144 valence electrons. The average molecular weight is 370 g/mol. The standard InChI is InChI=1S/C21H26N2O4/c1-13(2)20(24)23-16-8-6-15(7-9-16)21(25)22-14(3)18-11-10-17(26-4)12-19(18)27-5/h6-14H,1-5H3,(H,22,25)(H,23,24). The molecule has 0 bridgehead atoms. The van der Waals surface area contributed by atoms with Crippen molar-refractivity contribution in [1.82, 2.24) is 5.32 Å². The minimum absolute atomic E-state index is 0.0626. The molecule has 1 unspecified atom stereocenters. The molecule has 0 heterocycles. The molecular formula is C21H26N2O4. The lowest BCUT2D eigenvalue weighted by Crippen LogP contribution is -2.27. The number of ether oxygens (including phenoxy) is 2. The number of carbonyl (C=O) groups excluding carboxylic acids is 2. The summed E-state index contributed by atoms with van der Waals surface area (Å²) in [6.45, 7) is 5.54. The number of hydrogen-bond donors (Lipinski definition) is 2. The molecule has 0 aliphatic heterocycles. The van der Waals surface area contributed by atoms with E-state index < -0.39 is 0 Å². The van der Waals surface area contributed by atoms with E-state index in [1.165, 1.54) is 0 Å². The van der Waals surface area contributed by atoms with Crippen LogP contribution in [0.5, 0.6) is 11.5 Å². The van der Waals surface area contributed by atoms with E-state index in [4.69, 9.17) is 9.47 Å². The van der Waals surface area contributed by atoms with Crippen molar-refractivity contribution < 1.29 is 19.1 Å². The molecule has 2 aromatic carbocycles. The Morgan fingerprint density at radius 2 is 1.59 bits per heavy atom. The van der Waals surface area contributed by atoms with Gasteiger partial charge in [-0.15, -0.1) is 0 Å². The van der Waals surface area contributed by atoms with Crippen LogP contribution in [0, 0.1) is 5.92 Å². The third kappa shape index (κ3) is 5.23. The monoisotopic (exact) mass is 370 g/mol. The number of anilines is 1. The summed E-state index contributed by atoms with van der Waals surface area (Å²) in [7, 11) is 3.17. The number of rotatable bonds is 7. The summed E-state index contributed by atoms with van der Waals surface area (Å²) < 4.78 is 10.6. The van der Waals surface area contributed by atoms with E-state index in [0.29, 0.717) is 22.7 Å². The normalized spacial score (nSPS) is 11.6. The van der Waals surface area contributed by atoms with Crippen LogP contribution in [0.1, 0.15) is 42.7 Å². The van der Waals surface area contributed by atoms with Crippen LogP contribution in [0.25, 0.3) is 0 Å². The molecular weight excluding hydrogens is 344 g/mol. The molecule has 2 rings (SSSR count). The largest absolute Gasteiger partial charge is 0.497 e. The van der Waals surface area contributed by atoms with Gasteiger partial charge in [-0.1, -0.05) is 13.8 Å². The molecule has 1 atom stereocenters. The third-order valence-corrected chi connectivity index (χ3v) is 4.19. The molecule has 0 aromatic heterocycles. The van der Waals surface area contributed by atoms with Gasteiger partial charge in [0, 0.05) is 28.8 Å². The predicted molar refractivity (Wildman–Crippen MR) is 105 cm³/mol. The molecule has 0 aliphatic rings. The highest BCUT2D eigenvalue weighted by atomic mass is 16.5. The van der Waals surface area contributed by atoms with Gasteiger partial charge in [0.1, 0.15) is 11.5 Å². The summed E-state index contributed by atoms with van der Waals surface area (Å²) in [5, 5.41) is 5.76. The van der Waals surface area contributed by atoms with E-state index >= 15 is 0 Å². The Balaban J connectivity index is 2.07.